The predicted molar refractivity (Wildman–Crippen MR) is 122 cm³/mol. The first-order valence-electron chi connectivity index (χ1n) is 9.47. The monoisotopic (exact) mass is 420 g/mol. The highest BCUT2D eigenvalue weighted by atomic mass is 35.5. The van der Waals surface area contributed by atoms with E-state index in [1.165, 1.54) is 11.3 Å². The van der Waals surface area contributed by atoms with E-state index in [4.69, 9.17) is 16.6 Å². The molecule has 0 fully saturated rings. The number of hydrogen-bond donors (Lipinski definition) is 0. The summed E-state index contributed by atoms with van der Waals surface area (Å²) in [6.07, 6.45) is 0.337. The molecule has 1 heterocycles. The molecule has 0 N–H and O–H groups in total. The minimum atomic E-state index is 0.0257. The highest BCUT2D eigenvalue weighted by molar-refractivity contribution is 7.22. The summed E-state index contributed by atoms with van der Waals surface area (Å²) in [5, 5.41) is 1.28. The van der Waals surface area contributed by atoms with E-state index in [2.05, 4.69) is 18.2 Å². The summed E-state index contributed by atoms with van der Waals surface area (Å²) in [6, 6.07) is 21.9. The summed E-state index contributed by atoms with van der Waals surface area (Å²) in [4.78, 5) is 19.9. The molecule has 0 aliphatic heterocycles. The van der Waals surface area contributed by atoms with Crippen molar-refractivity contribution in [3.63, 3.8) is 0 Å². The Hall–Kier alpha value is -2.69. The largest absolute Gasteiger partial charge is 0.283 e. The number of nitrogens with zero attached hydrogens (tertiary/aromatic N) is 2. The first-order chi connectivity index (χ1) is 14.0. The number of fused-ring (bicyclic) bond motifs is 1. The van der Waals surface area contributed by atoms with Crippen molar-refractivity contribution in [2.45, 2.75) is 26.8 Å². The maximum absolute atomic E-state index is 13.4. The van der Waals surface area contributed by atoms with Gasteiger partial charge < -0.3 is 0 Å². The van der Waals surface area contributed by atoms with Crippen molar-refractivity contribution in [3.05, 3.63) is 94.0 Å². The first kappa shape index (κ1) is 19.6. The van der Waals surface area contributed by atoms with Crippen LogP contribution in [0.15, 0.2) is 66.7 Å². The van der Waals surface area contributed by atoms with Gasteiger partial charge in [0.25, 0.3) is 0 Å². The molecule has 0 saturated heterocycles. The summed E-state index contributed by atoms with van der Waals surface area (Å²) < 4.78 is 0.977. The molecule has 0 radical (unpaired) electrons. The fraction of sp³-hybridized carbons (Fsp3) is 0.167. The number of anilines is 1. The molecule has 4 rings (SSSR count). The molecule has 1 amide bonds. The minimum Gasteiger partial charge on any atom is -0.283 e. The second kappa shape index (κ2) is 8.36. The molecular formula is C24H21ClN2OS. The minimum absolute atomic E-state index is 0.0257. The fourth-order valence-corrected chi connectivity index (χ4v) is 4.58. The molecule has 5 heteroatoms. The quantitative estimate of drug-likeness (QED) is 0.377. The van der Waals surface area contributed by atoms with Gasteiger partial charge in [-0.05, 0) is 42.7 Å². The molecule has 0 unspecified atom stereocenters. The van der Waals surface area contributed by atoms with Crippen LogP contribution < -0.4 is 4.90 Å². The number of rotatable bonds is 5. The van der Waals surface area contributed by atoms with Gasteiger partial charge in [-0.25, -0.2) is 4.98 Å². The van der Waals surface area contributed by atoms with Crippen LogP contribution in [0, 0.1) is 13.8 Å². The van der Waals surface area contributed by atoms with Crippen LogP contribution in [0.2, 0.25) is 5.02 Å². The highest BCUT2D eigenvalue weighted by Gasteiger charge is 2.21. The number of aryl methyl sites for hydroxylation is 2. The van der Waals surface area contributed by atoms with Gasteiger partial charge in [-0.3, -0.25) is 9.69 Å². The molecule has 0 aliphatic rings. The Bertz CT molecular complexity index is 1170. The number of benzene rings is 3. The van der Waals surface area contributed by atoms with E-state index in [0.29, 0.717) is 23.1 Å². The van der Waals surface area contributed by atoms with Crippen LogP contribution in [0.4, 0.5) is 5.13 Å². The summed E-state index contributed by atoms with van der Waals surface area (Å²) in [5.41, 5.74) is 5.13. The number of hydrogen-bond acceptors (Lipinski definition) is 3. The van der Waals surface area contributed by atoms with Crippen molar-refractivity contribution in [3.8, 4) is 0 Å². The SMILES string of the molecule is Cc1ccc(C)c(CC(=O)N(Cc2ccccc2)c2nc3c(Cl)cccc3s2)c1. The molecule has 1 aromatic heterocycles. The van der Waals surface area contributed by atoms with Crippen LogP contribution in [-0.4, -0.2) is 10.9 Å². The van der Waals surface area contributed by atoms with E-state index in [-0.39, 0.29) is 5.91 Å². The van der Waals surface area contributed by atoms with E-state index < -0.39 is 0 Å². The summed E-state index contributed by atoms with van der Waals surface area (Å²) >= 11 is 7.82. The van der Waals surface area contributed by atoms with Gasteiger partial charge in [-0.1, -0.05) is 83.1 Å². The van der Waals surface area contributed by atoms with E-state index in [1.54, 1.807) is 4.90 Å². The molecule has 0 atom stereocenters. The zero-order valence-corrected chi connectivity index (χ0v) is 17.9. The summed E-state index contributed by atoms with van der Waals surface area (Å²) in [6.45, 7) is 4.56. The number of carbonyl (C=O) groups is 1. The molecule has 4 aromatic rings. The average molecular weight is 421 g/mol. The van der Waals surface area contributed by atoms with Crippen LogP contribution in [0.3, 0.4) is 0 Å². The fourth-order valence-electron chi connectivity index (χ4n) is 3.30. The first-order valence-corrected chi connectivity index (χ1v) is 10.7. The topological polar surface area (TPSA) is 33.2 Å². The Morgan fingerprint density at radius 3 is 2.59 bits per heavy atom. The number of halogens is 1. The van der Waals surface area contributed by atoms with Gasteiger partial charge in [0.15, 0.2) is 5.13 Å². The Balaban J connectivity index is 1.72. The van der Waals surface area contributed by atoms with Crippen LogP contribution in [0.25, 0.3) is 10.2 Å². The van der Waals surface area contributed by atoms with Crippen LogP contribution >= 0.6 is 22.9 Å². The Morgan fingerprint density at radius 2 is 1.83 bits per heavy atom. The van der Waals surface area contributed by atoms with Gasteiger partial charge in [-0.2, -0.15) is 0 Å². The van der Waals surface area contributed by atoms with Gasteiger partial charge in [-0.15, -0.1) is 0 Å². The molecule has 0 bridgehead atoms. The predicted octanol–water partition coefficient (Wildman–Crippen LogP) is 6.34. The molecular weight excluding hydrogens is 400 g/mol. The third-order valence-corrected chi connectivity index (χ3v) is 6.27. The smallest absolute Gasteiger partial charge is 0.233 e. The van der Waals surface area contributed by atoms with E-state index in [0.717, 1.165) is 32.5 Å². The van der Waals surface area contributed by atoms with Gasteiger partial charge in [0.1, 0.15) is 5.52 Å². The van der Waals surface area contributed by atoms with Crippen molar-refractivity contribution in [2.75, 3.05) is 4.90 Å². The molecule has 146 valence electrons. The summed E-state index contributed by atoms with van der Waals surface area (Å²) in [7, 11) is 0. The maximum atomic E-state index is 13.4. The lowest BCUT2D eigenvalue weighted by molar-refractivity contribution is -0.118. The third-order valence-electron chi connectivity index (χ3n) is 4.92. The number of aromatic nitrogens is 1. The van der Waals surface area contributed by atoms with Crippen molar-refractivity contribution in [1.82, 2.24) is 4.98 Å². The van der Waals surface area contributed by atoms with E-state index >= 15 is 0 Å². The molecule has 29 heavy (non-hydrogen) atoms. The van der Waals surface area contributed by atoms with E-state index in [9.17, 15) is 4.79 Å². The number of amides is 1. The number of para-hydroxylation sites is 1. The lowest BCUT2D eigenvalue weighted by Crippen LogP contribution is -2.31. The molecule has 0 spiro atoms. The van der Waals surface area contributed by atoms with Crippen molar-refractivity contribution in [2.24, 2.45) is 0 Å². The van der Waals surface area contributed by atoms with Crippen LogP contribution in [0.1, 0.15) is 22.3 Å². The maximum Gasteiger partial charge on any atom is 0.233 e. The van der Waals surface area contributed by atoms with Crippen molar-refractivity contribution in [1.29, 1.82) is 0 Å². The van der Waals surface area contributed by atoms with Gasteiger partial charge in [0.05, 0.1) is 22.7 Å². The van der Waals surface area contributed by atoms with Crippen molar-refractivity contribution >= 4 is 44.2 Å². The Kier molecular flexibility index (Phi) is 5.65. The normalized spacial score (nSPS) is 11.0. The lowest BCUT2D eigenvalue weighted by Gasteiger charge is -2.21. The Labute approximate surface area is 179 Å². The van der Waals surface area contributed by atoms with E-state index in [1.807, 2.05) is 62.4 Å². The van der Waals surface area contributed by atoms with Crippen LogP contribution in [0.5, 0.6) is 0 Å². The standard InChI is InChI=1S/C24H21ClN2OS/c1-16-11-12-17(2)19(13-16)14-22(28)27(15-18-7-4-3-5-8-18)24-26-23-20(25)9-6-10-21(23)29-24/h3-13H,14-15H2,1-2H3. The number of carbonyl (C=O) groups excluding carboxylic acids is 1. The average Bonchev–Trinajstić information content (AvgIpc) is 3.15. The highest BCUT2D eigenvalue weighted by Crippen LogP contribution is 2.34. The zero-order chi connectivity index (χ0) is 20.4. The van der Waals surface area contributed by atoms with Crippen molar-refractivity contribution < 1.29 is 4.79 Å². The van der Waals surface area contributed by atoms with Gasteiger partial charge >= 0.3 is 0 Å². The second-order valence-electron chi connectivity index (χ2n) is 7.16. The van der Waals surface area contributed by atoms with Crippen LogP contribution in [-0.2, 0) is 17.8 Å². The molecule has 0 aliphatic carbocycles. The van der Waals surface area contributed by atoms with Gasteiger partial charge in [0.2, 0.25) is 5.91 Å². The number of thiazole rings is 1. The molecule has 3 nitrogen and oxygen atoms in total. The lowest BCUT2D eigenvalue weighted by atomic mass is 10.0. The molecule has 0 saturated carbocycles. The Morgan fingerprint density at radius 1 is 1.03 bits per heavy atom. The van der Waals surface area contributed by atoms with Gasteiger partial charge in [0, 0.05) is 0 Å². The third kappa shape index (κ3) is 4.34. The zero-order valence-electron chi connectivity index (χ0n) is 16.4. The second-order valence-corrected chi connectivity index (χ2v) is 8.57. The molecule has 3 aromatic carbocycles. The summed E-state index contributed by atoms with van der Waals surface area (Å²) in [5.74, 6) is 0.0257.